The molecule has 1 saturated heterocycles. The molecular formula is C24H17Cl2NO6S2. The van der Waals surface area contributed by atoms with Crippen molar-refractivity contribution in [1.82, 2.24) is 4.90 Å². The van der Waals surface area contributed by atoms with Gasteiger partial charge >= 0.3 is 10.1 Å². The van der Waals surface area contributed by atoms with Crippen LogP contribution in [0.4, 0.5) is 4.79 Å². The highest BCUT2D eigenvalue weighted by Crippen LogP contribution is 2.36. The zero-order chi connectivity index (χ0) is 25.2. The van der Waals surface area contributed by atoms with Gasteiger partial charge in [0.2, 0.25) is 0 Å². The van der Waals surface area contributed by atoms with E-state index in [1.54, 1.807) is 30.3 Å². The Morgan fingerprint density at radius 3 is 2.37 bits per heavy atom. The normalized spacial score (nSPS) is 15.1. The van der Waals surface area contributed by atoms with Gasteiger partial charge in [0.15, 0.2) is 11.5 Å². The molecule has 0 saturated carbocycles. The lowest BCUT2D eigenvalue weighted by Crippen LogP contribution is -2.27. The molecule has 4 rings (SSSR count). The van der Waals surface area contributed by atoms with Crippen LogP contribution in [0.2, 0.25) is 10.0 Å². The topological polar surface area (TPSA) is 90.0 Å². The summed E-state index contributed by atoms with van der Waals surface area (Å²) in [4.78, 5) is 26.6. The Kier molecular flexibility index (Phi) is 7.42. The van der Waals surface area contributed by atoms with Crippen molar-refractivity contribution in [1.29, 1.82) is 0 Å². The number of hydrogen-bond donors (Lipinski definition) is 0. The van der Waals surface area contributed by atoms with Gasteiger partial charge in [-0.05, 0) is 71.4 Å². The fourth-order valence-electron chi connectivity index (χ4n) is 3.20. The van der Waals surface area contributed by atoms with Crippen LogP contribution in [0.25, 0.3) is 6.08 Å². The summed E-state index contributed by atoms with van der Waals surface area (Å²) in [5.41, 5.74) is 1.08. The largest absolute Gasteiger partial charge is 0.493 e. The standard InChI is InChI=1S/C24H17Cl2NO6S2/c1-32-20-11-6-15(12-21(20)33-35(30,31)18-9-7-17(25)8-10-18)13-22-23(28)27(24(29)34-22)14-16-4-2-3-5-19(16)26/h2-13H,14H2,1H3/b22-13-. The van der Waals surface area contributed by atoms with Crippen molar-refractivity contribution in [2.45, 2.75) is 11.4 Å². The van der Waals surface area contributed by atoms with E-state index >= 15 is 0 Å². The zero-order valence-corrected chi connectivity index (χ0v) is 21.2. The second kappa shape index (κ2) is 10.3. The van der Waals surface area contributed by atoms with Gasteiger partial charge < -0.3 is 8.92 Å². The van der Waals surface area contributed by atoms with E-state index in [4.69, 9.17) is 32.1 Å². The molecule has 180 valence electrons. The maximum Gasteiger partial charge on any atom is 0.339 e. The van der Waals surface area contributed by atoms with Gasteiger partial charge in [0.05, 0.1) is 18.6 Å². The first kappa shape index (κ1) is 25.1. The lowest BCUT2D eigenvalue weighted by atomic mass is 10.1. The summed E-state index contributed by atoms with van der Waals surface area (Å²) >= 11 is 12.8. The third-order valence-electron chi connectivity index (χ3n) is 4.95. The fraction of sp³-hybridized carbons (Fsp3) is 0.0833. The summed E-state index contributed by atoms with van der Waals surface area (Å²) in [6.07, 6.45) is 1.48. The van der Waals surface area contributed by atoms with Crippen LogP contribution >= 0.6 is 35.0 Å². The predicted octanol–water partition coefficient (Wildman–Crippen LogP) is 6.01. The number of thioether (sulfide) groups is 1. The molecule has 1 aliphatic heterocycles. The third kappa shape index (κ3) is 5.65. The van der Waals surface area contributed by atoms with E-state index in [9.17, 15) is 18.0 Å². The van der Waals surface area contributed by atoms with Gasteiger partial charge in [-0.3, -0.25) is 14.5 Å². The minimum absolute atomic E-state index is 0.0397. The monoisotopic (exact) mass is 549 g/mol. The predicted molar refractivity (Wildman–Crippen MR) is 135 cm³/mol. The Morgan fingerprint density at radius 1 is 0.971 bits per heavy atom. The maximum absolute atomic E-state index is 12.9. The minimum atomic E-state index is -4.18. The molecule has 0 spiro atoms. The highest BCUT2D eigenvalue weighted by Gasteiger charge is 2.35. The lowest BCUT2D eigenvalue weighted by Gasteiger charge is -2.13. The number of hydrogen-bond acceptors (Lipinski definition) is 7. The Balaban J connectivity index is 1.60. The fourth-order valence-corrected chi connectivity index (χ4v) is 5.29. The Hall–Kier alpha value is -2.98. The number of methoxy groups -OCH3 is 1. The van der Waals surface area contributed by atoms with Crippen LogP contribution in [0.1, 0.15) is 11.1 Å². The van der Waals surface area contributed by atoms with Gasteiger partial charge in [-0.2, -0.15) is 8.42 Å². The van der Waals surface area contributed by atoms with E-state index in [2.05, 4.69) is 0 Å². The number of rotatable bonds is 7. The Bertz CT molecular complexity index is 1440. The number of halogens is 2. The molecule has 0 bridgehead atoms. The number of nitrogens with zero attached hydrogens (tertiary/aromatic N) is 1. The van der Waals surface area contributed by atoms with Crippen LogP contribution in [0, 0.1) is 0 Å². The number of carbonyl (C=O) groups is 2. The molecule has 1 heterocycles. The summed E-state index contributed by atoms with van der Waals surface area (Å²) < 4.78 is 36.0. The maximum atomic E-state index is 12.9. The van der Waals surface area contributed by atoms with Gasteiger partial charge in [0, 0.05) is 10.0 Å². The first-order valence-electron chi connectivity index (χ1n) is 10.0. The average Bonchev–Trinajstić information content (AvgIpc) is 3.08. The van der Waals surface area contributed by atoms with Gasteiger partial charge in [0.1, 0.15) is 4.90 Å². The van der Waals surface area contributed by atoms with Crippen LogP contribution in [0.5, 0.6) is 11.5 Å². The Labute approximate surface area is 216 Å². The first-order chi connectivity index (χ1) is 16.7. The summed E-state index contributed by atoms with van der Waals surface area (Å²) in [6, 6.07) is 17.0. The molecule has 2 amide bonds. The molecule has 11 heteroatoms. The van der Waals surface area contributed by atoms with Crippen molar-refractivity contribution in [3.8, 4) is 11.5 Å². The number of ether oxygens (including phenoxy) is 1. The van der Waals surface area contributed by atoms with Crippen LogP contribution < -0.4 is 8.92 Å². The van der Waals surface area contributed by atoms with Crippen molar-refractivity contribution in [3.63, 3.8) is 0 Å². The van der Waals surface area contributed by atoms with E-state index in [-0.39, 0.29) is 27.8 Å². The van der Waals surface area contributed by atoms with Crippen LogP contribution in [0.3, 0.4) is 0 Å². The van der Waals surface area contributed by atoms with Gasteiger partial charge in [-0.25, -0.2) is 0 Å². The van der Waals surface area contributed by atoms with E-state index < -0.39 is 21.3 Å². The second-order valence-electron chi connectivity index (χ2n) is 7.26. The molecule has 1 aliphatic rings. The molecule has 3 aromatic rings. The lowest BCUT2D eigenvalue weighted by molar-refractivity contribution is -0.123. The quantitative estimate of drug-likeness (QED) is 0.263. The SMILES string of the molecule is COc1ccc(/C=C2\SC(=O)N(Cc3ccccc3Cl)C2=O)cc1OS(=O)(=O)c1ccc(Cl)cc1. The molecule has 0 N–H and O–H groups in total. The molecule has 0 atom stereocenters. The van der Waals surface area contributed by atoms with Crippen molar-refractivity contribution in [2.24, 2.45) is 0 Å². The molecule has 1 fully saturated rings. The molecule has 0 aliphatic carbocycles. The average molecular weight is 550 g/mol. The van der Waals surface area contributed by atoms with Gasteiger partial charge in [-0.1, -0.05) is 47.5 Å². The smallest absolute Gasteiger partial charge is 0.339 e. The molecule has 0 aromatic heterocycles. The molecule has 7 nitrogen and oxygen atoms in total. The van der Waals surface area contributed by atoms with Crippen LogP contribution in [0.15, 0.2) is 76.5 Å². The second-order valence-corrected chi connectivity index (χ2v) is 10.6. The summed E-state index contributed by atoms with van der Waals surface area (Å²) in [6.45, 7) is 0.0397. The van der Waals surface area contributed by atoms with E-state index in [0.717, 1.165) is 16.7 Å². The Morgan fingerprint density at radius 2 is 1.69 bits per heavy atom. The van der Waals surface area contributed by atoms with Crippen LogP contribution in [-0.2, 0) is 21.5 Å². The molecule has 35 heavy (non-hydrogen) atoms. The first-order valence-corrected chi connectivity index (χ1v) is 13.0. The number of carbonyl (C=O) groups excluding carboxylic acids is 2. The summed E-state index contributed by atoms with van der Waals surface area (Å²) in [5.74, 6) is -0.384. The highest BCUT2D eigenvalue weighted by molar-refractivity contribution is 8.18. The van der Waals surface area contributed by atoms with Crippen molar-refractivity contribution in [2.75, 3.05) is 7.11 Å². The summed E-state index contributed by atoms with van der Waals surface area (Å²) in [7, 11) is -2.81. The van der Waals surface area contributed by atoms with E-state index in [1.165, 1.54) is 49.6 Å². The summed E-state index contributed by atoms with van der Waals surface area (Å²) in [5, 5.41) is 0.401. The van der Waals surface area contributed by atoms with Crippen molar-refractivity contribution in [3.05, 3.63) is 92.8 Å². The molecule has 0 radical (unpaired) electrons. The van der Waals surface area contributed by atoms with E-state index in [1.807, 2.05) is 0 Å². The molecule has 3 aromatic carbocycles. The highest BCUT2D eigenvalue weighted by atomic mass is 35.5. The molecule has 0 unspecified atom stereocenters. The third-order valence-corrected chi connectivity index (χ3v) is 7.72. The minimum Gasteiger partial charge on any atom is -0.493 e. The van der Waals surface area contributed by atoms with E-state index in [0.29, 0.717) is 21.2 Å². The van der Waals surface area contributed by atoms with Gasteiger partial charge in [-0.15, -0.1) is 0 Å². The van der Waals surface area contributed by atoms with Crippen molar-refractivity contribution < 1.29 is 26.9 Å². The van der Waals surface area contributed by atoms with Crippen molar-refractivity contribution >= 4 is 62.3 Å². The number of amides is 2. The van der Waals surface area contributed by atoms with Crippen LogP contribution in [-0.4, -0.2) is 31.6 Å². The number of imide groups is 1. The zero-order valence-electron chi connectivity index (χ0n) is 18.1. The van der Waals surface area contributed by atoms with Gasteiger partial charge in [0.25, 0.3) is 11.1 Å². The molecular weight excluding hydrogens is 533 g/mol. The number of benzene rings is 3.